The summed E-state index contributed by atoms with van der Waals surface area (Å²) < 4.78 is 44.0. The first-order valence-corrected chi connectivity index (χ1v) is 11.4. The molecule has 1 unspecified atom stereocenters. The molecule has 1 aromatic rings. The van der Waals surface area contributed by atoms with Crippen molar-refractivity contribution < 1.29 is 37.1 Å². The van der Waals surface area contributed by atoms with Crippen LogP contribution >= 0.6 is 0 Å². The van der Waals surface area contributed by atoms with Crippen molar-refractivity contribution in [2.24, 2.45) is 11.8 Å². The highest BCUT2D eigenvalue weighted by Gasteiger charge is 2.46. The molecule has 1 heterocycles. The lowest BCUT2D eigenvalue weighted by molar-refractivity contribution is -0.175. The Morgan fingerprint density at radius 2 is 1.54 bits per heavy atom. The molecular weight excluding hydrogens is 467 g/mol. The molecule has 194 valence electrons. The van der Waals surface area contributed by atoms with E-state index in [1.165, 1.54) is 25.9 Å². The first-order chi connectivity index (χ1) is 16.3. The van der Waals surface area contributed by atoms with Crippen molar-refractivity contribution in [3.63, 3.8) is 0 Å². The predicted octanol–water partition coefficient (Wildman–Crippen LogP) is 2.71. The molecule has 0 spiro atoms. The van der Waals surface area contributed by atoms with Crippen molar-refractivity contribution in [2.45, 2.75) is 64.8 Å². The van der Waals surface area contributed by atoms with Crippen LogP contribution in [0.4, 0.5) is 13.2 Å². The highest BCUT2D eigenvalue weighted by atomic mass is 19.4. The number of alkyl halides is 3. The zero-order valence-corrected chi connectivity index (χ0v) is 20.4. The summed E-state index contributed by atoms with van der Waals surface area (Å²) in [4.78, 5) is 52.0. The molecule has 3 atom stereocenters. The minimum atomic E-state index is -5.10. The van der Waals surface area contributed by atoms with E-state index in [1.807, 2.05) is 0 Å². The van der Waals surface area contributed by atoms with Crippen molar-refractivity contribution in [3.8, 4) is 5.75 Å². The average Bonchev–Trinajstić information content (AvgIpc) is 3.29. The van der Waals surface area contributed by atoms with E-state index in [4.69, 9.17) is 4.74 Å². The molecule has 1 aliphatic rings. The lowest BCUT2D eigenvalue weighted by Crippen LogP contribution is -2.58. The van der Waals surface area contributed by atoms with E-state index >= 15 is 0 Å². The number of benzene rings is 1. The Labute approximate surface area is 202 Å². The number of Topliss-reactive ketones (excluding diaryl/α,β-unsaturated/α-hetero) is 1. The molecule has 0 radical (unpaired) electrons. The van der Waals surface area contributed by atoms with Crippen molar-refractivity contribution >= 4 is 23.5 Å². The van der Waals surface area contributed by atoms with E-state index in [9.17, 15) is 32.3 Å². The molecule has 1 saturated heterocycles. The van der Waals surface area contributed by atoms with Gasteiger partial charge in [0.1, 0.15) is 17.8 Å². The van der Waals surface area contributed by atoms with Gasteiger partial charge in [-0.2, -0.15) is 13.2 Å². The van der Waals surface area contributed by atoms with Crippen LogP contribution in [0, 0.1) is 11.8 Å². The largest absolute Gasteiger partial charge is 0.497 e. The van der Waals surface area contributed by atoms with Gasteiger partial charge in [0.2, 0.25) is 11.8 Å². The maximum absolute atomic E-state index is 13.3. The minimum Gasteiger partial charge on any atom is -0.497 e. The van der Waals surface area contributed by atoms with Gasteiger partial charge in [-0.15, -0.1) is 0 Å². The topological polar surface area (TPSA) is 105 Å². The quantitative estimate of drug-likeness (QED) is 0.544. The first kappa shape index (κ1) is 28.1. The number of methoxy groups -OCH3 is 1. The van der Waals surface area contributed by atoms with Gasteiger partial charge in [-0.3, -0.25) is 19.2 Å². The average molecular weight is 500 g/mol. The standard InChI is InChI=1S/C24H32F3N3O5/c1-13(2)18(20(31)24(25,26)27)28-22(33)17-7-6-12-30(17)23(34)19(14(3)4)29-21(32)15-8-10-16(35-5)11-9-15/h8-11,13-14,17-19H,6-7,12H2,1-5H3,(H,28,33)(H,29,32)/t17-,18?,19-/m0/s1. The third-order valence-corrected chi connectivity index (χ3v) is 5.94. The lowest BCUT2D eigenvalue weighted by Gasteiger charge is -2.32. The van der Waals surface area contributed by atoms with Crippen molar-refractivity contribution in [1.29, 1.82) is 0 Å². The van der Waals surface area contributed by atoms with Gasteiger partial charge < -0.3 is 20.3 Å². The van der Waals surface area contributed by atoms with Crippen LogP contribution in [0.25, 0.3) is 0 Å². The van der Waals surface area contributed by atoms with Crippen LogP contribution in [-0.4, -0.2) is 66.4 Å². The van der Waals surface area contributed by atoms with Crippen LogP contribution in [0.5, 0.6) is 5.75 Å². The van der Waals surface area contributed by atoms with Gasteiger partial charge >= 0.3 is 6.18 Å². The summed E-state index contributed by atoms with van der Waals surface area (Å²) >= 11 is 0. The number of nitrogens with zero attached hydrogens (tertiary/aromatic N) is 1. The monoisotopic (exact) mass is 499 g/mol. The summed E-state index contributed by atoms with van der Waals surface area (Å²) in [5, 5.41) is 4.89. The summed E-state index contributed by atoms with van der Waals surface area (Å²) in [7, 11) is 1.49. The number of amides is 3. The normalized spacial score (nSPS) is 17.8. The molecule has 0 saturated carbocycles. The van der Waals surface area contributed by atoms with Crippen LogP contribution in [0.15, 0.2) is 24.3 Å². The number of hydrogen-bond acceptors (Lipinski definition) is 5. The zero-order chi connectivity index (χ0) is 26.5. The minimum absolute atomic E-state index is 0.206. The summed E-state index contributed by atoms with van der Waals surface area (Å²) in [5.41, 5.74) is 0.311. The van der Waals surface area contributed by atoms with E-state index in [2.05, 4.69) is 10.6 Å². The van der Waals surface area contributed by atoms with E-state index in [0.29, 0.717) is 17.7 Å². The molecule has 11 heteroatoms. The van der Waals surface area contributed by atoms with Gasteiger partial charge in [-0.1, -0.05) is 27.7 Å². The summed E-state index contributed by atoms with van der Waals surface area (Å²) in [5.74, 6) is -4.43. The third-order valence-electron chi connectivity index (χ3n) is 5.94. The molecule has 0 aliphatic carbocycles. The maximum atomic E-state index is 13.3. The molecule has 0 bridgehead atoms. The van der Waals surface area contributed by atoms with Gasteiger partial charge in [0.05, 0.1) is 13.2 Å². The lowest BCUT2D eigenvalue weighted by atomic mass is 9.98. The highest BCUT2D eigenvalue weighted by Crippen LogP contribution is 2.24. The summed E-state index contributed by atoms with van der Waals surface area (Å²) in [6.07, 6.45) is -4.40. The fourth-order valence-corrected chi connectivity index (χ4v) is 3.92. The van der Waals surface area contributed by atoms with Crippen LogP contribution in [0.2, 0.25) is 0 Å². The van der Waals surface area contributed by atoms with Gasteiger partial charge in [0.15, 0.2) is 0 Å². The Morgan fingerprint density at radius 3 is 2.03 bits per heavy atom. The molecule has 1 aliphatic heterocycles. The van der Waals surface area contributed by atoms with Crippen LogP contribution < -0.4 is 15.4 Å². The summed E-state index contributed by atoms with van der Waals surface area (Å²) in [6, 6.07) is 2.55. The first-order valence-electron chi connectivity index (χ1n) is 11.4. The molecule has 2 N–H and O–H groups in total. The zero-order valence-electron chi connectivity index (χ0n) is 20.4. The molecule has 35 heavy (non-hydrogen) atoms. The molecule has 3 amide bonds. The SMILES string of the molecule is COc1ccc(C(=O)N[C@H](C(=O)N2CCC[C@H]2C(=O)NC(C(=O)C(F)(F)F)C(C)C)C(C)C)cc1. The second kappa shape index (κ2) is 11.5. The Kier molecular flexibility index (Phi) is 9.28. The Hall–Kier alpha value is -3.11. The second-order valence-electron chi connectivity index (χ2n) is 9.21. The molecule has 2 rings (SSSR count). The molecule has 0 aromatic heterocycles. The maximum Gasteiger partial charge on any atom is 0.452 e. The van der Waals surface area contributed by atoms with Crippen LogP contribution in [0.1, 0.15) is 50.9 Å². The predicted molar refractivity (Wildman–Crippen MR) is 122 cm³/mol. The van der Waals surface area contributed by atoms with Crippen molar-refractivity contribution in [1.82, 2.24) is 15.5 Å². The molecule has 1 aromatic carbocycles. The van der Waals surface area contributed by atoms with Crippen molar-refractivity contribution in [3.05, 3.63) is 29.8 Å². The van der Waals surface area contributed by atoms with Gasteiger partial charge in [0.25, 0.3) is 11.7 Å². The van der Waals surface area contributed by atoms with E-state index in [0.717, 1.165) is 0 Å². The Bertz CT molecular complexity index is 931. The number of likely N-dealkylation sites (tertiary alicyclic amines) is 1. The smallest absolute Gasteiger partial charge is 0.452 e. The number of ketones is 1. The third kappa shape index (κ3) is 6.95. The van der Waals surface area contributed by atoms with Gasteiger partial charge in [-0.05, 0) is 48.9 Å². The summed E-state index contributed by atoms with van der Waals surface area (Å²) in [6.45, 7) is 6.47. The molecular formula is C24H32F3N3O5. The number of halogens is 3. The highest BCUT2D eigenvalue weighted by molar-refractivity contribution is 5.99. The Morgan fingerprint density at radius 1 is 0.971 bits per heavy atom. The number of nitrogens with one attached hydrogen (secondary N) is 2. The fourth-order valence-electron chi connectivity index (χ4n) is 3.92. The molecule has 8 nitrogen and oxygen atoms in total. The van der Waals surface area contributed by atoms with Crippen LogP contribution in [-0.2, 0) is 14.4 Å². The van der Waals surface area contributed by atoms with E-state index in [1.54, 1.807) is 38.1 Å². The fraction of sp³-hybridized carbons (Fsp3) is 0.583. The van der Waals surface area contributed by atoms with Gasteiger partial charge in [0, 0.05) is 12.1 Å². The number of carbonyl (C=O) groups excluding carboxylic acids is 4. The van der Waals surface area contributed by atoms with Gasteiger partial charge in [-0.25, -0.2) is 0 Å². The van der Waals surface area contributed by atoms with Crippen molar-refractivity contribution in [2.75, 3.05) is 13.7 Å². The van der Waals surface area contributed by atoms with E-state index in [-0.39, 0.29) is 18.9 Å². The number of rotatable bonds is 9. The van der Waals surface area contributed by atoms with Crippen LogP contribution in [0.3, 0.4) is 0 Å². The number of carbonyl (C=O) groups is 4. The second-order valence-corrected chi connectivity index (χ2v) is 9.21. The molecule has 1 fully saturated rings. The number of ether oxygens (including phenoxy) is 1. The number of hydrogen-bond donors (Lipinski definition) is 2. The van der Waals surface area contributed by atoms with E-state index < -0.39 is 53.7 Å². The Balaban J connectivity index is 2.17.